The van der Waals surface area contributed by atoms with Crippen LogP contribution in [-0.4, -0.2) is 28.7 Å². The van der Waals surface area contributed by atoms with Gasteiger partial charge in [0.2, 0.25) is 5.91 Å². The number of imidazole rings is 1. The summed E-state index contributed by atoms with van der Waals surface area (Å²) in [7, 11) is 1.52. The molecule has 1 amide bonds. The van der Waals surface area contributed by atoms with Gasteiger partial charge in [-0.25, -0.2) is 4.98 Å². The molecule has 0 bridgehead atoms. The van der Waals surface area contributed by atoms with E-state index in [0.717, 1.165) is 11.0 Å². The van der Waals surface area contributed by atoms with Crippen LogP contribution in [0.1, 0.15) is 0 Å². The van der Waals surface area contributed by atoms with Gasteiger partial charge in [0.1, 0.15) is 5.76 Å². The van der Waals surface area contributed by atoms with Crippen molar-refractivity contribution in [1.29, 1.82) is 0 Å². The third-order valence-electron chi connectivity index (χ3n) is 2.79. The van der Waals surface area contributed by atoms with Crippen LogP contribution in [0.5, 0.6) is 0 Å². The Morgan fingerprint density at radius 2 is 2.26 bits per heavy atom. The number of nitrogens with zero attached hydrogens (tertiary/aromatic N) is 1. The molecule has 0 spiro atoms. The molecule has 2 rings (SSSR count). The number of methoxy groups -OCH3 is 1. The molecule has 0 saturated heterocycles. The fraction of sp³-hybridized carbons (Fsp3) is 0.125. The number of aromatic amines is 1. The molecular weight excluding hydrogens is 334 g/mol. The van der Waals surface area contributed by atoms with Crippen LogP contribution in [-0.2, 0) is 9.53 Å². The minimum Gasteiger partial charge on any atom is -0.497 e. The molecule has 120 valence electrons. The Bertz CT molecular complexity index is 783. The molecule has 0 saturated carbocycles. The highest BCUT2D eigenvalue weighted by molar-refractivity contribution is 7.99. The average molecular weight is 350 g/mol. The largest absolute Gasteiger partial charge is 0.497 e. The van der Waals surface area contributed by atoms with Crippen molar-refractivity contribution in [3.8, 4) is 0 Å². The van der Waals surface area contributed by atoms with Gasteiger partial charge in [0.15, 0.2) is 5.16 Å². The summed E-state index contributed by atoms with van der Waals surface area (Å²) in [5.41, 5.74) is 2.11. The number of amides is 1. The van der Waals surface area contributed by atoms with E-state index in [-0.39, 0.29) is 11.7 Å². The quantitative estimate of drug-likeness (QED) is 0.455. The van der Waals surface area contributed by atoms with Crippen LogP contribution in [0, 0.1) is 0 Å². The Morgan fingerprint density at radius 1 is 1.48 bits per heavy atom. The summed E-state index contributed by atoms with van der Waals surface area (Å²) in [6, 6.07) is 5.40. The number of aromatic nitrogens is 2. The summed E-state index contributed by atoms with van der Waals surface area (Å²) < 4.78 is 4.89. The van der Waals surface area contributed by atoms with Gasteiger partial charge in [0.05, 0.1) is 23.9 Å². The average Bonchev–Trinajstić information content (AvgIpc) is 2.92. The zero-order chi connectivity index (χ0) is 16.8. The number of hydrogen-bond acceptors (Lipinski definition) is 4. The number of allylic oxidation sites excluding steroid dienone is 2. The van der Waals surface area contributed by atoms with Gasteiger partial charge in [-0.3, -0.25) is 4.79 Å². The van der Waals surface area contributed by atoms with Crippen molar-refractivity contribution >= 4 is 40.3 Å². The number of fused-ring (bicyclic) bond motifs is 1. The second kappa shape index (κ2) is 7.89. The predicted octanol–water partition coefficient (Wildman–Crippen LogP) is 3.65. The molecular formula is C16H16ClN3O2S. The maximum absolute atomic E-state index is 11.9. The molecule has 2 N–H and O–H groups in total. The maximum Gasteiger partial charge on any atom is 0.234 e. The van der Waals surface area contributed by atoms with Crippen LogP contribution in [0.4, 0.5) is 0 Å². The molecule has 23 heavy (non-hydrogen) atoms. The Kier molecular flexibility index (Phi) is 5.90. The second-order valence-corrected chi connectivity index (χ2v) is 5.97. The van der Waals surface area contributed by atoms with E-state index < -0.39 is 0 Å². The number of rotatable bonds is 7. The summed E-state index contributed by atoms with van der Waals surface area (Å²) in [6.07, 6.45) is 3.25. The highest BCUT2D eigenvalue weighted by Crippen LogP contribution is 2.22. The number of carbonyl (C=O) groups is 1. The third-order valence-corrected chi connectivity index (χ3v) is 3.90. The summed E-state index contributed by atoms with van der Waals surface area (Å²) in [4.78, 5) is 19.4. The summed E-state index contributed by atoms with van der Waals surface area (Å²) in [5, 5.41) is 3.97. The highest BCUT2D eigenvalue weighted by atomic mass is 35.5. The van der Waals surface area contributed by atoms with Crippen molar-refractivity contribution in [2.45, 2.75) is 5.16 Å². The SMILES string of the molecule is C=C(/C=C\C(=C)OC)NC(=O)CSc1nc2ccc(Cl)cc2[nH]1. The number of nitrogens with one attached hydrogen (secondary N) is 2. The van der Waals surface area contributed by atoms with Gasteiger partial charge >= 0.3 is 0 Å². The molecule has 1 heterocycles. The van der Waals surface area contributed by atoms with E-state index in [1.54, 1.807) is 24.3 Å². The number of benzene rings is 1. The maximum atomic E-state index is 11.9. The first-order valence-corrected chi connectivity index (χ1v) is 8.02. The van der Waals surface area contributed by atoms with Crippen molar-refractivity contribution in [3.63, 3.8) is 0 Å². The van der Waals surface area contributed by atoms with Gasteiger partial charge < -0.3 is 15.0 Å². The lowest BCUT2D eigenvalue weighted by Gasteiger charge is -2.03. The van der Waals surface area contributed by atoms with Gasteiger partial charge in [-0.15, -0.1) is 0 Å². The number of hydrogen-bond donors (Lipinski definition) is 2. The molecule has 0 aliphatic rings. The number of halogens is 1. The van der Waals surface area contributed by atoms with Gasteiger partial charge in [0, 0.05) is 10.7 Å². The van der Waals surface area contributed by atoms with Crippen molar-refractivity contribution in [2.75, 3.05) is 12.9 Å². The van der Waals surface area contributed by atoms with E-state index in [1.165, 1.54) is 18.9 Å². The van der Waals surface area contributed by atoms with E-state index in [0.29, 0.717) is 21.6 Å². The number of thioether (sulfide) groups is 1. The van der Waals surface area contributed by atoms with Crippen molar-refractivity contribution in [3.05, 3.63) is 60.0 Å². The molecule has 7 heteroatoms. The number of ether oxygens (including phenoxy) is 1. The molecule has 0 aliphatic carbocycles. The zero-order valence-corrected chi connectivity index (χ0v) is 14.1. The summed E-state index contributed by atoms with van der Waals surface area (Å²) >= 11 is 7.23. The van der Waals surface area contributed by atoms with Crippen LogP contribution in [0.15, 0.2) is 60.1 Å². The van der Waals surface area contributed by atoms with Crippen LogP contribution in [0.25, 0.3) is 11.0 Å². The van der Waals surface area contributed by atoms with Gasteiger partial charge in [-0.2, -0.15) is 0 Å². The fourth-order valence-corrected chi connectivity index (χ4v) is 2.54. The molecule has 1 aromatic carbocycles. The predicted molar refractivity (Wildman–Crippen MR) is 94.4 cm³/mol. The molecule has 1 aromatic heterocycles. The Morgan fingerprint density at radius 3 is 3.00 bits per heavy atom. The first kappa shape index (κ1) is 17.2. The minimum atomic E-state index is -0.175. The fourth-order valence-electron chi connectivity index (χ4n) is 1.68. The summed E-state index contributed by atoms with van der Waals surface area (Å²) in [5.74, 6) is 0.521. The van der Waals surface area contributed by atoms with Gasteiger partial charge in [-0.1, -0.05) is 36.5 Å². The van der Waals surface area contributed by atoms with Gasteiger partial charge in [-0.05, 0) is 30.4 Å². The Balaban J connectivity index is 1.87. The highest BCUT2D eigenvalue weighted by Gasteiger charge is 2.07. The summed E-state index contributed by atoms with van der Waals surface area (Å²) in [6.45, 7) is 7.38. The van der Waals surface area contributed by atoms with Crippen LogP contribution in [0.3, 0.4) is 0 Å². The van der Waals surface area contributed by atoms with Crippen LogP contribution in [0.2, 0.25) is 5.02 Å². The molecule has 5 nitrogen and oxygen atoms in total. The van der Waals surface area contributed by atoms with E-state index in [4.69, 9.17) is 16.3 Å². The van der Waals surface area contributed by atoms with Crippen LogP contribution >= 0.6 is 23.4 Å². The number of H-pyrrole nitrogens is 1. The Hall–Kier alpha value is -2.18. The van der Waals surface area contributed by atoms with E-state index in [2.05, 4.69) is 28.4 Å². The van der Waals surface area contributed by atoms with Gasteiger partial charge in [0.25, 0.3) is 0 Å². The van der Waals surface area contributed by atoms with Crippen molar-refractivity contribution in [1.82, 2.24) is 15.3 Å². The first-order valence-electron chi connectivity index (χ1n) is 6.65. The first-order chi connectivity index (χ1) is 11.0. The van der Waals surface area contributed by atoms with E-state index in [9.17, 15) is 4.79 Å². The number of carbonyl (C=O) groups excluding carboxylic acids is 1. The molecule has 0 atom stereocenters. The standard InChI is InChI=1S/C16H16ClN3O2S/c1-10(4-5-11(2)22-3)18-15(21)9-23-16-19-13-7-6-12(17)8-14(13)20-16/h4-8H,1-2,9H2,3H3,(H,18,21)(H,19,20)/b5-4-. The smallest absolute Gasteiger partial charge is 0.234 e. The topological polar surface area (TPSA) is 67.0 Å². The molecule has 0 fully saturated rings. The molecule has 2 aromatic rings. The molecule has 0 unspecified atom stereocenters. The second-order valence-electron chi connectivity index (χ2n) is 4.57. The van der Waals surface area contributed by atoms with Crippen molar-refractivity contribution in [2.24, 2.45) is 0 Å². The van der Waals surface area contributed by atoms with E-state index in [1.807, 2.05) is 6.07 Å². The van der Waals surface area contributed by atoms with Crippen LogP contribution < -0.4 is 5.32 Å². The monoisotopic (exact) mass is 349 g/mol. The lowest BCUT2D eigenvalue weighted by molar-refractivity contribution is -0.117. The third kappa shape index (κ3) is 5.19. The normalized spacial score (nSPS) is 10.9. The lowest BCUT2D eigenvalue weighted by Crippen LogP contribution is -2.23. The van der Waals surface area contributed by atoms with Crippen molar-refractivity contribution < 1.29 is 9.53 Å². The minimum absolute atomic E-state index is 0.175. The van der Waals surface area contributed by atoms with E-state index >= 15 is 0 Å². The zero-order valence-electron chi connectivity index (χ0n) is 12.6. The Labute approximate surface area is 143 Å². The molecule has 0 radical (unpaired) electrons. The lowest BCUT2D eigenvalue weighted by atomic mass is 10.3. The molecule has 0 aliphatic heterocycles.